The van der Waals surface area contributed by atoms with Crippen LogP contribution in [0.5, 0.6) is 0 Å². The second-order valence-corrected chi connectivity index (χ2v) is 4.98. The molecule has 0 bridgehead atoms. The van der Waals surface area contributed by atoms with Crippen molar-refractivity contribution in [3.05, 3.63) is 29.6 Å². The van der Waals surface area contributed by atoms with E-state index in [4.69, 9.17) is 5.26 Å². The van der Waals surface area contributed by atoms with Crippen molar-refractivity contribution in [1.29, 1.82) is 5.26 Å². The third kappa shape index (κ3) is 1.97. The Labute approximate surface area is 116 Å². The monoisotopic (exact) mass is 274 g/mol. The zero-order chi connectivity index (χ0) is 14.9. The molecule has 1 fully saturated rings. The van der Waals surface area contributed by atoms with E-state index in [1.807, 2.05) is 19.9 Å². The third-order valence-electron chi connectivity index (χ3n) is 4.07. The highest BCUT2D eigenvalue weighted by Crippen LogP contribution is 2.41. The maximum absolute atomic E-state index is 14.0. The molecule has 1 aliphatic rings. The summed E-state index contributed by atoms with van der Waals surface area (Å²) in [6, 6.07) is 5.56. The first kappa shape index (κ1) is 14.2. The fraction of sp³-hybridized carbons (Fsp3) is 0.400. The van der Waals surface area contributed by atoms with Crippen LogP contribution in [0.25, 0.3) is 0 Å². The van der Waals surface area contributed by atoms with E-state index >= 15 is 0 Å². The van der Waals surface area contributed by atoms with Gasteiger partial charge in [-0.3, -0.25) is 9.59 Å². The predicted octanol–water partition coefficient (Wildman–Crippen LogP) is 2.77. The van der Waals surface area contributed by atoms with Gasteiger partial charge in [0.2, 0.25) is 11.8 Å². The number of carbonyl (C=O) groups is 2. The van der Waals surface area contributed by atoms with Crippen LogP contribution in [-0.4, -0.2) is 11.8 Å². The summed E-state index contributed by atoms with van der Waals surface area (Å²) >= 11 is 0. The van der Waals surface area contributed by atoms with Gasteiger partial charge in [-0.15, -0.1) is 0 Å². The summed E-state index contributed by atoms with van der Waals surface area (Å²) < 4.78 is 14.0. The minimum atomic E-state index is -0.728. The summed E-state index contributed by atoms with van der Waals surface area (Å²) in [5.74, 6) is -1.47. The number of hydrogen-bond acceptors (Lipinski definition) is 3. The number of nitriles is 1. The lowest BCUT2D eigenvalue weighted by Gasteiger charge is -2.23. The van der Waals surface area contributed by atoms with Crippen LogP contribution in [0.1, 0.15) is 38.7 Å². The van der Waals surface area contributed by atoms with Crippen molar-refractivity contribution in [2.24, 2.45) is 5.41 Å². The first-order valence-corrected chi connectivity index (χ1v) is 6.56. The van der Waals surface area contributed by atoms with Gasteiger partial charge in [-0.25, -0.2) is 9.29 Å². The van der Waals surface area contributed by atoms with E-state index in [-0.39, 0.29) is 29.5 Å². The highest BCUT2D eigenvalue weighted by atomic mass is 19.1. The molecule has 0 radical (unpaired) electrons. The molecule has 0 aliphatic carbocycles. The Kier molecular flexibility index (Phi) is 3.58. The van der Waals surface area contributed by atoms with E-state index in [9.17, 15) is 14.0 Å². The van der Waals surface area contributed by atoms with Crippen molar-refractivity contribution < 1.29 is 14.0 Å². The van der Waals surface area contributed by atoms with Gasteiger partial charge >= 0.3 is 0 Å². The van der Waals surface area contributed by atoms with E-state index in [2.05, 4.69) is 0 Å². The van der Waals surface area contributed by atoms with Crippen LogP contribution in [0.15, 0.2) is 18.2 Å². The molecule has 0 atom stereocenters. The van der Waals surface area contributed by atoms with Crippen LogP contribution in [-0.2, 0) is 9.59 Å². The number of halogens is 1. The molecule has 5 heteroatoms. The Balaban J connectivity index is 2.46. The van der Waals surface area contributed by atoms with Crippen molar-refractivity contribution in [1.82, 2.24) is 0 Å². The van der Waals surface area contributed by atoms with E-state index in [0.29, 0.717) is 12.8 Å². The number of anilines is 1. The zero-order valence-electron chi connectivity index (χ0n) is 11.4. The van der Waals surface area contributed by atoms with Gasteiger partial charge in [-0.1, -0.05) is 13.8 Å². The van der Waals surface area contributed by atoms with E-state index < -0.39 is 11.2 Å². The van der Waals surface area contributed by atoms with Crippen LogP contribution in [0.2, 0.25) is 0 Å². The molecule has 4 nitrogen and oxygen atoms in total. The van der Waals surface area contributed by atoms with E-state index in [1.54, 1.807) is 0 Å². The Morgan fingerprint density at radius 3 is 2.45 bits per heavy atom. The molecule has 1 aliphatic heterocycles. The number of amides is 2. The summed E-state index contributed by atoms with van der Waals surface area (Å²) in [5.41, 5.74) is -0.636. The Morgan fingerprint density at radius 1 is 1.35 bits per heavy atom. The molecule has 0 spiro atoms. The SMILES string of the molecule is CCC1(CC)CC(=O)N(c2ccc(C#N)cc2F)C1=O. The van der Waals surface area contributed by atoms with Gasteiger partial charge in [0.05, 0.1) is 22.7 Å². The Bertz CT molecular complexity index is 615. The summed E-state index contributed by atoms with van der Waals surface area (Å²) in [5, 5.41) is 8.72. The molecule has 1 heterocycles. The molecule has 0 aromatic heterocycles. The Morgan fingerprint density at radius 2 is 2.00 bits per heavy atom. The van der Waals surface area contributed by atoms with Gasteiger partial charge in [0, 0.05) is 6.42 Å². The molecule has 1 saturated heterocycles. The maximum atomic E-state index is 14.0. The minimum absolute atomic E-state index is 0.0669. The van der Waals surface area contributed by atoms with Crippen LogP contribution in [0, 0.1) is 22.6 Å². The number of carbonyl (C=O) groups excluding carboxylic acids is 2. The third-order valence-corrected chi connectivity index (χ3v) is 4.07. The molecule has 104 valence electrons. The number of benzene rings is 1. The number of imide groups is 1. The molecule has 2 rings (SSSR count). The summed E-state index contributed by atoms with van der Waals surface area (Å²) in [7, 11) is 0. The van der Waals surface area contributed by atoms with Gasteiger partial charge in [0.15, 0.2) is 0 Å². The maximum Gasteiger partial charge on any atom is 0.240 e. The first-order chi connectivity index (χ1) is 9.49. The lowest BCUT2D eigenvalue weighted by Crippen LogP contribution is -2.35. The molecular formula is C15H15FN2O2. The lowest BCUT2D eigenvalue weighted by atomic mass is 9.81. The number of nitrogens with zero attached hydrogens (tertiary/aromatic N) is 2. The highest BCUT2D eigenvalue weighted by Gasteiger charge is 2.50. The van der Waals surface area contributed by atoms with Gasteiger partial charge in [0.25, 0.3) is 0 Å². The van der Waals surface area contributed by atoms with E-state index in [0.717, 1.165) is 11.0 Å². The molecule has 0 unspecified atom stereocenters. The topological polar surface area (TPSA) is 61.2 Å². The van der Waals surface area contributed by atoms with Crippen molar-refractivity contribution in [2.45, 2.75) is 33.1 Å². The minimum Gasteiger partial charge on any atom is -0.274 e. The predicted molar refractivity (Wildman–Crippen MR) is 71.2 cm³/mol. The number of hydrogen-bond donors (Lipinski definition) is 0. The Hall–Kier alpha value is -2.22. The molecule has 0 N–H and O–H groups in total. The quantitative estimate of drug-likeness (QED) is 0.796. The second-order valence-electron chi connectivity index (χ2n) is 4.98. The first-order valence-electron chi connectivity index (χ1n) is 6.56. The smallest absolute Gasteiger partial charge is 0.240 e. The highest BCUT2D eigenvalue weighted by molar-refractivity contribution is 6.22. The van der Waals surface area contributed by atoms with Crippen LogP contribution < -0.4 is 4.90 Å². The van der Waals surface area contributed by atoms with Gasteiger partial charge in [0.1, 0.15) is 5.82 Å². The molecule has 2 amide bonds. The zero-order valence-corrected chi connectivity index (χ0v) is 11.4. The lowest BCUT2D eigenvalue weighted by molar-refractivity contribution is -0.126. The van der Waals surface area contributed by atoms with Crippen LogP contribution in [0.4, 0.5) is 10.1 Å². The second kappa shape index (κ2) is 5.04. The van der Waals surface area contributed by atoms with Gasteiger partial charge < -0.3 is 0 Å². The van der Waals surface area contributed by atoms with E-state index in [1.165, 1.54) is 12.1 Å². The van der Waals surface area contributed by atoms with Crippen LogP contribution >= 0.6 is 0 Å². The van der Waals surface area contributed by atoms with Crippen molar-refractivity contribution in [3.63, 3.8) is 0 Å². The fourth-order valence-electron chi connectivity index (χ4n) is 2.60. The summed E-state index contributed by atoms with van der Waals surface area (Å²) in [6.45, 7) is 3.71. The van der Waals surface area contributed by atoms with Gasteiger partial charge in [-0.2, -0.15) is 5.26 Å². The summed E-state index contributed by atoms with van der Waals surface area (Å²) in [6.07, 6.45) is 1.20. The van der Waals surface area contributed by atoms with Crippen LogP contribution in [0.3, 0.4) is 0 Å². The molecule has 0 saturated carbocycles. The van der Waals surface area contributed by atoms with Crippen molar-refractivity contribution in [2.75, 3.05) is 4.90 Å². The largest absolute Gasteiger partial charge is 0.274 e. The van der Waals surface area contributed by atoms with Crippen molar-refractivity contribution in [3.8, 4) is 6.07 Å². The van der Waals surface area contributed by atoms with Crippen molar-refractivity contribution >= 4 is 17.5 Å². The molecule has 20 heavy (non-hydrogen) atoms. The average molecular weight is 274 g/mol. The van der Waals surface area contributed by atoms with Gasteiger partial charge in [-0.05, 0) is 31.0 Å². The molecular weight excluding hydrogens is 259 g/mol. The number of rotatable bonds is 3. The summed E-state index contributed by atoms with van der Waals surface area (Å²) in [4.78, 5) is 25.5. The average Bonchev–Trinajstić information content (AvgIpc) is 2.70. The molecule has 1 aromatic rings. The molecule has 1 aromatic carbocycles. The fourth-order valence-corrected chi connectivity index (χ4v) is 2.60. The normalized spacial score (nSPS) is 17.4. The standard InChI is InChI=1S/C15H15FN2O2/c1-3-15(4-2)8-13(19)18(14(15)20)12-6-5-10(9-17)7-11(12)16/h5-7H,3-4,8H2,1-2H3.